The molecule has 2 aromatic rings. The van der Waals surface area contributed by atoms with Crippen molar-refractivity contribution < 1.29 is 22.2 Å². The molecular formula is C16H25Br2N3O5. The van der Waals surface area contributed by atoms with Crippen LogP contribution in [0.15, 0.2) is 19.8 Å². The molecule has 0 aliphatic rings. The maximum atomic E-state index is 11.4. The number of rotatable bonds is 3. The average Bonchev–Trinajstić information content (AvgIpc) is 3.21. The Kier molecular flexibility index (Phi) is 10.9. The van der Waals surface area contributed by atoms with E-state index in [4.69, 9.17) is 14.6 Å². The highest BCUT2D eigenvalue weighted by atomic mass is 79.9. The van der Waals surface area contributed by atoms with Gasteiger partial charge in [0.1, 0.15) is 6.26 Å². The van der Waals surface area contributed by atoms with E-state index in [1.165, 1.54) is 13.4 Å². The fraction of sp³-hybridized carbons (Fsp3) is 0.562. The van der Waals surface area contributed by atoms with Crippen LogP contribution in [0.3, 0.4) is 0 Å². The topological polar surface area (TPSA) is 114 Å². The number of oxazole rings is 2. The summed E-state index contributed by atoms with van der Waals surface area (Å²) in [5.74, 6) is -0.0724. The Labute approximate surface area is 170 Å². The van der Waals surface area contributed by atoms with Gasteiger partial charge in [-0.3, -0.25) is 0 Å². The summed E-state index contributed by atoms with van der Waals surface area (Å²) in [4.78, 5) is 19.7. The zero-order valence-electron chi connectivity index (χ0n) is 15.9. The maximum absolute atomic E-state index is 11.4. The summed E-state index contributed by atoms with van der Waals surface area (Å²) in [6.45, 7) is 9.95. The van der Waals surface area contributed by atoms with Crippen molar-refractivity contribution >= 4 is 38.2 Å². The molecule has 0 bridgehead atoms. The number of hydrogen-bond donors (Lipinski definition) is 1. The molecule has 148 valence electrons. The minimum Gasteiger partial charge on any atom is -0.464 e. The van der Waals surface area contributed by atoms with E-state index in [1.54, 1.807) is 7.11 Å². The van der Waals surface area contributed by atoms with E-state index in [0.29, 0.717) is 16.3 Å². The second-order valence-electron chi connectivity index (χ2n) is 5.70. The molecule has 0 aliphatic carbocycles. The average molecular weight is 499 g/mol. The van der Waals surface area contributed by atoms with Gasteiger partial charge >= 0.3 is 5.97 Å². The second-order valence-corrected chi connectivity index (χ2v) is 7.07. The van der Waals surface area contributed by atoms with Crippen molar-refractivity contribution in [3.05, 3.63) is 22.5 Å². The van der Waals surface area contributed by atoms with Gasteiger partial charge in [0.05, 0.1) is 36.5 Å². The fourth-order valence-corrected chi connectivity index (χ4v) is 1.96. The Bertz CT molecular complexity index is 680. The highest BCUT2D eigenvalue weighted by molar-refractivity contribution is 9.10. The summed E-state index contributed by atoms with van der Waals surface area (Å²) in [6.07, 6.45) is 1.20. The minimum atomic E-state index is -0.587. The molecule has 2 N–H and O–H groups in total. The first-order chi connectivity index (χ1) is 12.1. The van der Waals surface area contributed by atoms with Gasteiger partial charge in [0.2, 0.25) is 10.6 Å². The number of nitrogens with zero attached hydrogens (tertiary/aromatic N) is 2. The van der Waals surface area contributed by atoms with Crippen LogP contribution in [0, 0.1) is 5.41 Å². The van der Waals surface area contributed by atoms with Crippen molar-refractivity contribution in [2.75, 3.05) is 14.2 Å². The lowest BCUT2D eigenvalue weighted by molar-refractivity contribution is 0.0594. The number of ether oxygens (including phenoxy) is 1. The van der Waals surface area contributed by atoms with Gasteiger partial charge in [0.25, 0.3) is 5.89 Å². The number of esters is 1. The molecule has 10 heteroatoms. The summed E-state index contributed by atoms with van der Waals surface area (Å²) in [5.41, 5.74) is 6.30. The van der Waals surface area contributed by atoms with Gasteiger partial charge in [0.15, 0.2) is 11.4 Å². The largest absolute Gasteiger partial charge is 0.464 e. The molecule has 0 aliphatic heterocycles. The molecule has 0 spiro atoms. The zero-order chi connectivity index (χ0) is 20.5. The first-order valence-electron chi connectivity index (χ1n) is 7.76. The second kappa shape index (κ2) is 11.5. The lowest BCUT2D eigenvalue weighted by atomic mass is 9.87. The predicted molar refractivity (Wildman–Crippen MR) is 105 cm³/mol. The minimum absolute atomic E-state index is 0.0593. The molecule has 8 nitrogen and oxygen atoms in total. The Hall–Kier alpha value is -1.23. The third-order valence-electron chi connectivity index (χ3n) is 2.90. The van der Waals surface area contributed by atoms with Gasteiger partial charge in [-0.1, -0.05) is 34.6 Å². The van der Waals surface area contributed by atoms with Crippen LogP contribution in [0.5, 0.6) is 0 Å². The molecule has 2 rings (SSSR count). The van der Waals surface area contributed by atoms with Crippen LogP contribution < -0.4 is 5.73 Å². The van der Waals surface area contributed by atoms with Crippen LogP contribution in [0.1, 0.15) is 57.0 Å². The Morgan fingerprint density at radius 3 is 2.27 bits per heavy atom. The predicted octanol–water partition coefficient (Wildman–Crippen LogP) is 4.89. The molecule has 0 saturated heterocycles. The van der Waals surface area contributed by atoms with Crippen LogP contribution in [-0.2, 0) is 8.57 Å². The van der Waals surface area contributed by atoms with Crippen LogP contribution in [0.4, 0.5) is 0 Å². The lowest BCUT2D eigenvalue weighted by Crippen LogP contribution is -2.26. The first kappa shape index (κ1) is 24.8. The zero-order valence-corrected chi connectivity index (χ0v) is 19.1. The van der Waals surface area contributed by atoms with E-state index < -0.39 is 12.0 Å². The number of methoxy groups -OCH3 is 1. The SMILES string of the molecule is CC.COBr.COC(=O)c1coc(-c2nc(C(N)C(C)(C)C)oc2Br)n1. The van der Waals surface area contributed by atoms with Gasteiger partial charge in [-0.05, 0) is 21.3 Å². The van der Waals surface area contributed by atoms with Gasteiger partial charge in [-0.25, -0.2) is 14.8 Å². The lowest BCUT2D eigenvalue weighted by Gasteiger charge is -2.23. The molecule has 1 unspecified atom stereocenters. The molecule has 0 fully saturated rings. The summed E-state index contributed by atoms with van der Waals surface area (Å²) in [7, 11) is 2.81. The van der Waals surface area contributed by atoms with Gasteiger partial charge in [0, 0.05) is 0 Å². The van der Waals surface area contributed by atoms with Crippen molar-refractivity contribution in [3.63, 3.8) is 0 Å². The highest BCUT2D eigenvalue weighted by Gasteiger charge is 2.29. The Morgan fingerprint density at radius 2 is 1.81 bits per heavy atom. The van der Waals surface area contributed by atoms with Crippen molar-refractivity contribution in [2.45, 2.75) is 40.7 Å². The molecule has 2 aromatic heterocycles. The molecule has 0 saturated carbocycles. The van der Waals surface area contributed by atoms with E-state index in [0.717, 1.165) is 0 Å². The summed E-state index contributed by atoms with van der Waals surface area (Å²) in [6, 6.07) is -0.391. The fourth-order valence-electron chi connectivity index (χ4n) is 1.53. The van der Waals surface area contributed by atoms with Crippen molar-refractivity contribution in [1.29, 1.82) is 0 Å². The summed E-state index contributed by atoms with van der Waals surface area (Å²) >= 11 is 5.90. The van der Waals surface area contributed by atoms with E-state index >= 15 is 0 Å². The monoisotopic (exact) mass is 497 g/mol. The Morgan fingerprint density at radius 1 is 1.27 bits per heavy atom. The Balaban J connectivity index is 0.00000113. The molecule has 26 heavy (non-hydrogen) atoms. The smallest absolute Gasteiger partial charge is 0.360 e. The number of carbonyl (C=O) groups is 1. The van der Waals surface area contributed by atoms with E-state index in [-0.39, 0.29) is 17.0 Å². The first-order valence-corrected chi connectivity index (χ1v) is 9.20. The maximum Gasteiger partial charge on any atom is 0.360 e. The quantitative estimate of drug-likeness (QED) is 0.594. The molecule has 2 heterocycles. The number of hydrogen-bond acceptors (Lipinski definition) is 8. The summed E-state index contributed by atoms with van der Waals surface area (Å²) in [5, 5.41) is 0. The third-order valence-corrected chi connectivity index (χ3v) is 3.44. The molecule has 0 aromatic carbocycles. The van der Waals surface area contributed by atoms with Crippen LogP contribution in [0.25, 0.3) is 11.6 Å². The third kappa shape index (κ3) is 6.82. The number of nitrogens with two attached hydrogens (primary N) is 1. The standard InChI is InChI=1S/C13H16BrN3O4.C2H6.CH3BrO/c1-13(2,3)8(15)11-17-7(9(14)21-11)10-16-6(5-20-10)12(18)19-4;1-2;1-3-2/h5,8H,15H2,1-4H3;1-2H3;1H3. The van der Waals surface area contributed by atoms with Gasteiger partial charge < -0.3 is 23.1 Å². The van der Waals surface area contributed by atoms with Crippen LogP contribution in [0.2, 0.25) is 0 Å². The molecular weight excluding hydrogens is 474 g/mol. The van der Waals surface area contributed by atoms with Gasteiger partial charge in [-0.2, -0.15) is 0 Å². The van der Waals surface area contributed by atoms with Crippen molar-refractivity contribution in [1.82, 2.24) is 9.97 Å². The van der Waals surface area contributed by atoms with Crippen molar-refractivity contribution in [2.24, 2.45) is 11.1 Å². The number of carbonyl (C=O) groups excluding carboxylic acids is 1. The van der Waals surface area contributed by atoms with E-state index in [2.05, 4.69) is 50.7 Å². The van der Waals surface area contributed by atoms with E-state index in [9.17, 15) is 4.79 Å². The molecule has 0 amide bonds. The van der Waals surface area contributed by atoms with Gasteiger partial charge in [-0.15, -0.1) is 0 Å². The molecule has 1 atom stereocenters. The van der Waals surface area contributed by atoms with Crippen LogP contribution >= 0.6 is 32.2 Å². The van der Waals surface area contributed by atoms with E-state index in [1.807, 2.05) is 34.6 Å². The summed E-state index contributed by atoms with van der Waals surface area (Å²) < 4.78 is 19.7. The van der Waals surface area contributed by atoms with Crippen LogP contribution in [-0.4, -0.2) is 30.2 Å². The number of aromatic nitrogens is 2. The van der Waals surface area contributed by atoms with Crippen molar-refractivity contribution in [3.8, 4) is 11.6 Å². The highest BCUT2D eigenvalue weighted by Crippen LogP contribution is 2.35. The molecule has 0 radical (unpaired) electrons. The normalized spacial score (nSPS) is 11.6. The number of halogens is 2.